The summed E-state index contributed by atoms with van der Waals surface area (Å²) >= 11 is 0. The molecule has 1 fully saturated rings. The number of pyridine rings is 2. The number of hydrogen-bond acceptors (Lipinski definition) is 4. The number of rotatable bonds is 7. The lowest BCUT2D eigenvalue weighted by atomic mass is 10.1. The Bertz CT molecular complexity index is 808. The second kappa shape index (κ2) is 7.34. The van der Waals surface area contributed by atoms with Crippen LogP contribution in [-0.4, -0.2) is 16.6 Å². The van der Waals surface area contributed by atoms with Crippen LogP contribution in [0.4, 0.5) is 0 Å². The molecule has 2 atom stereocenters. The topological polar surface area (TPSA) is 44.2 Å². The van der Waals surface area contributed by atoms with Gasteiger partial charge < -0.3 is 9.47 Å². The van der Waals surface area contributed by atoms with Crippen molar-refractivity contribution >= 4 is 0 Å². The molecule has 1 saturated carbocycles. The Balaban J connectivity index is 1.31. The molecule has 0 aliphatic heterocycles. The fourth-order valence-corrected chi connectivity index (χ4v) is 2.93. The van der Waals surface area contributed by atoms with Crippen molar-refractivity contribution in [1.82, 2.24) is 9.97 Å². The summed E-state index contributed by atoms with van der Waals surface area (Å²) in [5.74, 6) is 2.68. The number of nitrogens with zero attached hydrogens (tertiary/aromatic N) is 2. The average Bonchev–Trinajstić information content (AvgIpc) is 3.46. The van der Waals surface area contributed by atoms with E-state index >= 15 is 0 Å². The zero-order valence-corrected chi connectivity index (χ0v) is 13.9. The average molecular weight is 332 g/mol. The zero-order valence-electron chi connectivity index (χ0n) is 13.9. The second-order valence-corrected chi connectivity index (χ2v) is 6.33. The summed E-state index contributed by atoms with van der Waals surface area (Å²) in [6, 6.07) is 16.1. The van der Waals surface area contributed by atoms with Crippen LogP contribution < -0.4 is 9.47 Å². The van der Waals surface area contributed by atoms with Gasteiger partial charge in [-0.25, -0.2) is 0 Å². The van der Waals surface area contributed by atoms with E-state index in [9.17, 15) is 0 Å². The van der Waals surface area contributed by atoms with E-state index in [4.69, 9.17) is 9.47 Å². The van der Waals surface area contributed by atoms with Crippen molar-refractivity contribution in [2.24, 2.45) is 5.92 Å². The quantitative estimate of drug-likeness (QED) is 0.649. The molecule has 0 saturated heterocycles. The lowest BCUT2D eigenvalue weighted by Gasteiger charge is -2.08. The number of ether oxygens (including phenoxy) is 2. The minimum Gasteiger partial charge on any atom is -0.492 e. The summed E-state index contributed by atoms with van der Waals surface area (Å²) in [6.07, 6.45) is 8.33. The molecule has 0 spiro atoms. The minimum atomic E-state index is 0.504. The van der Waals surface area contributed by atoms with Crippen LogP contribution in [0.3, 0.4) is 0 Å². The van der Waals surface area contributed by atoms with Crippen LogP contribution in [0.25, 0.3) is 0 Å². The fraction of sp³-hybridized carbons (Fsp3) is 0.238. The Morgan fingerprint density at radius 3 is 2.60 bits per heavy atom. The molecular weight excluding hydrogens is 312 g/mol. The van der Waals surface area contributed by atoms with Crippen LogP contribution in [0.5, 0.6) is 11.5 Å². The van der Waals surface area contributed by atoms with E-state index in [1.54, 1.807) is 18.6 Å². The van der Waals surface area contributed by atoms with Gasteiger partial charge in [-0.05, 0) is 41.7 Å². The third-order valence-electron chi connectivity index (χ3n) is 4.43. The molecule has 0 bridgehead atoms. The van der Waals surface area contributed by atoms with Crippen molar-refractivity contribution in [3.63, 3.8) is 0 Å². The molecular formula is C21H20N2O2. The van der Waals surface area contributed by atoms with E-state index in [1.807, 2.05) is 36.5 Å². The number of aromatic nitrogens is 2. The van der Waals surface area contributed by atoms with Gasteiger partial charge in [0.2, 0.25) is 0 Å². The minimum absolute atomic E-state index is 0.504. The van der Waals surface area contributed by atoms with Crippen LogP contribution >= 0.6 is 0 Å². The standard InChI is InChI=1S/C21H20N2O2/c1-2-5-16(6-3-1)14-24-20-9-17(11-23-13-20)21-10-18(21)15-25-19-7-4-8-22-12-19/h1-9,11-13,18,21H,10,14-15H2/t18-,21+/m0/s1. The highest BCUT2D eigenvalue weighted by molar-refractivity contribution is 5.31. The lowest BCUT2D eigenvalue weighted by molar-refractivity contribution is 0.295. The van der Waals surface area contributed by atoms with Crippen LogP contribution in [0.2, 0.25) is 0 Å². The van der Waals surface area contributed by atoms with Crippen molar-refractivity contribution in [2.45, 2.75) is 18.9 Å². The predicted molar refractivity (Wildman–Crippen MR) is 95.6 cm³/mol. The highest BCUT2D eigenvalue weighted by Gasteiger charge is 2.39. The molecule has 1 aliphatic rings. The maximum absolute atomic E-state index is 5.87. The Morgan fingerprint density at radius 1 is 0.880 bits per heavy atom. The van der Waals surface area contributed by atoms with Crippen molar-refractivity contribution in [3.8, 4) is 11.5 Å². The molecule has 1 aliphatic carbocycles. The summed E-state index contributed by atoms with van der Waals surface area (Å²) in [5.41, 5.74) is 2.38. The molecule has 0 amide bonds. The van der Waals surface area contributed by atoms with Gasteiger partial charge >= 0.3 is 0 Å². The van der Waals surface area contributed by atoms with Gasteiger partial charge in [0.25, 0.3) is 0 Å². The first kappa shape index (κ1) is 15.6. The van der Waals surface area contributed by atoms with Crippen LogP contribution in [0.15, 0.2) is 73.3 Å². The van der Waals surface area contributed by atoms with Gasteiger partial charge in [-0.2, -0.15) is 0 Å². The van der Waals surface area contributed by atoms with Gasteiger partial charge in [0.15, 0.2) is 0 Å². The maximum Gasteiger partial charge on any atom is 0.138 e. The van der Waals surface area contributed by atoms with Crippen LogP contribution in [0.1, 0.15) is 23.5 Å². The van der Waals surface area contributed by atoms with Crippen molar-refractivity contribution in [1.29, 1.82) is 0 Å². The molecule has 0 N–H and O–H groups in total. The third kappa shape index (κ3) is 4.15. The van der Waals surface area contributed by atoms with Gasteiger partial charge in [0.1, 0.15) is 18.1 Å². The molecule has 3 aromatic rings. The van der Waals surface area contributed by atoms with E-state index in [-0.39, 0.29) is 0 Å². The van der Waals surface area contributed by atoms with E-state index in [0.29, 0.717) is 25.0 Å². The molecule has 1 aromatic carbocycles. The second-order valence-electron chi connectivity index (χ2n) is 6.33. The Hall–Kier alpha value is -2.88. The molecule has 4 heteroatoms. The molecule has 25 heavy (non-hydrogen) atoms. The summed E-state index contributed by atoms with van der Waals surface area (Å²) in [6.45, 7) is 1.27. The van der Waals surface area contributed by atoms with Gasteiger partial charge in [0, 0.05) is 18.3 Å². The summed E-state index contributed by atoms with van der Waals surface area (Å²) in [5, 5.41) is 0. The van der Waals surface area contributed by atoms with Gasteiger partial charge in [-0.15, -0.1) is 0 Å². The van der Waals surface area contributed by atoms with Crippen molar-refractivity contribution in [3.05, 3.63) is 84.4 Å². The molecule has 0 unspecified atom stereocenters. The smallest absolute Gasteiger partial charge is 0.138 e. The highest BCUT2D eigenvalue weighted by atomic mass is 16.5. The largest absolute Gasteiger partial charge is 0.492 e. The van der Waals surface area contributed by atoms with E-state index < -0.39 is 0 Å². The highest BCUT2D eigenvalue weighted by Crippen LogP contribution is 2.47. The SMILES string of the molecule is c1ccc(COc2cncc([C@H]3C[C@H]3COc3cccnc3)c2)cc1. The Morgan fingerprint density at radius 2 is 1.76 bits per heavy atom. The molecule has 4 rings (SSSR count). The summed E-state index contributed by atoms with van der Waals surface area (Å²) < 4.78 is 11.7. The molecule has 0 radical (unpaired) electrons. The Kier molecular flexibility index (Phi) is 4.59. The van der Waals surface area contributed by atoms with Gasteiger partial charge in [-0.3, -0.25) is 9.97 Å². The van der Waals surface area contributed by atoms with Crippen LogP contribution in [-0.2, 0) is 6.61 Å². The van der Waals surface area contributed by atoms with Crippen LogP contribution in [0, 0.1) is 5.92 Å². The molecule has 126 valence electrons. The normalized spacial score (nSPS) is 18.6. The fourth-order valence-electron chi connectivity index (χ4n) is 2.93. The third-order valence-corrected chi connectivity index (χ3v) is 4.43. The summed E-state index contributed by atoms with van der Waals surface area (Å²) in [7, 11) is 0. The van der Waals surface area contributed by atoms with E-state index in [0.717, 1.165) is 23.5 Å². The summed E-state index contributed by atoms with van der Waals surface area (Å²) in [4.78, 5) is 8.40. The first-order valence-electron chi connectivity index (χ1n) is 8.53. The van der Waals surface area contributed by atoms with Gasteiger partial charge in [0.05, 0.1) is 19.0 Å². The first-order chi connectivity index (χ1) is 12.4. The van der Waals surface area contributed by atoms with Crippen molar-refractivity contribution in [2.75, 3.05) is 6.61 Å². The monoisotopic (exact) mass is 332 g/mol. The number of benzene rings is 1. The van der Waals surface area contributed by atoms with E-state index in [2.05, 4.69) is 28.2 Å². The zero-order chi connectivity index (χ0) is 16.9. The number of hydrogen-bond donors (Lipinski definition) is 0. The van der Waals surface area contributed by atoms with E-state index in [1.165, 1.54) is 5.56 Å². The first-order valence-corrected chi connectivity index (χ1v) is 8.53. The molecule has 4 nitrogen and oxygen atoms in total. The van der Waals surface area contributed by atoms with Crippen molar-refractivity contribution < 1.29 is 9.47 Å². The maximum atomic E-state index is 5.87. The molecule has 2 aromatic heterocycles. The Labute approximate surface area is 147 Å². The predicted octanol–water partition coefficient (Wildman–Crippen LogP) is 4.24. The lowest BCUT2D eigenvalue weighted by Crippen LogP contribution is -2.01. The molecule has 2 heterocycles. The van der Waals surface area contributed by atoms with Gasteiger partial charge in [-0.1, -0.05) is 30.3 Å².